The van der Waals surface area contributed by atoms with Gasteiger partial charge in [0.15, 0.2) is 23.1 Å². The van der Waals surface area contributed by atoms with Crippen molar-refractivity contribution in [2.75, 3.05) is 0 Å². The molecule has 15 rings (SSSR count). The van der Waals surface area contributed by atoms with E-state index in [0.29, 0.717) is 17.5 Å². The van der Waals surface area contributed by atoms with Gasteiger partial charge in [-0.3, -0.25) is 0 Å². The fourth-order valence-electron chi connectivity index (χ4n) is 11.1. The first-order chi connectivity index (χ1) is 33.7. The summed E-state index contributed by atoms with van der Waals surface area (Å²) in [6.45, 7) is 0. The Balaban J connectivity index is 1.06. The zero-order valence-electron chi connectivity index (χ0n) is 36.5. The Morgan fingerprint density at radius 3 is 1.41 bits per heavy atom. The molecule has 12 aromatic carbocycles. The number of fused-ring (bicyclic) bond motifs is 15. The highest BCUT2D eigenvalue weighted by Gasteiger charge is 2.25. The van der Waals surface area contributed by atoms with Crippen LogP contribution in [-0.2, 0) is 0 Å². The minimum absolute atomic E-state index is 0.571. The van der Waals surface area contributed by atoms with Crippen LogP contribution in [0.4, 0.5) is 0 Å². The van der Waals surface area contributed by atoms with E-state index < -0.39 is 0 Å². The zero-order valence-corrected chi connectivity index (χ0v) is 36.5. The van der Waals surface area contributed by atoms with Crippen LogP contribution < -0.4 is 0 Å². The van der Waals surface area contributed by atoms with Gasteiger partial charge in [0.2, 0.25) is 0 Å². The molecule has 0 aliphatic heterocycles. The van der Waals surface area contributed by atoms with Crippen molar-refractivity contribution in [3.8, 4) is 39.9 Å². The molecule has 5 nitrogen and oxygen atoms in total. The first-order valence-electron chi connectivity index (χ1n) is 23.1. The number of hydrogen-bond acceptors (Lipinski definition) is 4. The Morgan fingerprint density at radius 2 is 0.779 bits per heavy atom. The van der Waals surface area contributed by atoms with E-state index in [9.17, 15) is 0 Å². The number of furan rings is 1. The van der Waals surface area contributed by atoms with Crippen LogP contribution in [0.2, 0.25) is 0 Å². The highest BCUT2D eigenvalue weighted by atomic mass is 16.3. The van der Waals surface area contributed by atoms with Crippen molar-refractivity contribution in [2.45, 2.75) is 0 Å². The largest absolute Gasteiger partial charge is 0.454 e. The molecule has 0 aliphatic rings. The molecule has 0 atom stereocenters. The Hall–Kier alpha value is -9.19. The zero-order chi connectivity index (χ0) is 44.5. The van der Waals surface area contributed by atoms with E-state index in [4.69, 9.17) is 19.4 Å². The maximum absolute atomic E-state index is 7.09. The molecule has 0 unspecified atom stereocenters. The van der Waals surface area contributed by atoms with Crippen LogP contribution >= 0.6 is 0 Å². The maximum Gasteiger partial charge on any atom is 0.164 e. The molecule has 0 radical (unpaired) electrons. The Kier molecular flexibility index (Phi) is 7.72. The molecule has 314 valence electrons. The monoisotopic (exact) mass is 864 g/mol. The van der Waals surface area contributed by atoms with Crippen molar-refractivity contribution in [3.05, 3.63) is 218 Å². The molecule has 0 N–H and O–H groups in total. The second kappa shape index (κ2) is 14.2. The quantitative estimate of drug-likeness (QED) is 0.165. The molecule has 3 aromatic heterocycles. The predicted molar refractivity (Wildman–Crippen MR) is 283 cm³/mol. The van der Waals surface area contributed by atoms with Crippen LogP contribution in [0.1, 0.15) is 0 Å². The van der Waals surface area contributed by atoms with Crippen molar-refractivity contribution < 1.29 is 4.42 Å². The summed E-state index contributed by atoms with van der Waals surface area (Å²) >= 11 is 0. The van der Waals surface area contributed by atoms with Crippen LogP contribution in [0.5, 0.6) is 0 Å². The smallest absolute Gasteiger partial charge is 0.164 e. The summed E-state index contributed by atoms with van der Waals surface area (Å²) in [5, 5.41) is 18.3. The number of hydrogen-bond donors (Lipinski definition) is 0. The average Bonchev–Trinajstić information content (AvgIpc) is 3.95. The fourth-order valence-corrected chi connectivity index (χ4v) is 11.1. The molecule has 3 heterocycles. The number of nitrogens with zero attached hydrogens (tertiary/aromatic N) is 4. The van der Waals surface area contributed by atoms with Crippen molar-refractivity contribution >= 4 is 108 Å². The number of para-hydroxylation sites is 1. The molecule has 0 aliphatic carbocycles. The minimum Gasteiger partial charge on any atom is -0.454 e. The normalized spacial score (nSPS) is 12.1. The Bertz CT molecular complexity index is 4500. The molecule has 0 saturated carbocycles. The lowest BCUT2D eigenvalue weighted by Crippen LogP contribution is -2.02. The van der Waals surface area contributed by atoms with Gasteiger partial charge in [0.05, 0.1) is 16.7 Å². The molecule has 0 bridgehead atoms. The van der Waals surface area contributed by atoms with Crippen LogP contribution in [0, 0.1) is 0 Å². The summed E-state index contributed by atoms with van der Waals surface area (Å²) in [7, 11) is 0. The Labute approximate surface area is 388 Å². The lowest BCUT2D eigenvalue weighted by Gasteiger charge is -2.15. The van der Waals surface area contributed by atoms with E-state index in [0.717, 1.165) is 87.7 Å². The van der Waals surface area contributed by atoms with E-state index in [1.807, 2.05) is 6.07 Å². The third-order valence-corrected chi connectivity index (χ3v) is 14.2. The molecule has 68 heavy (non-hydrogen) atoms. The van der Waals surface area contributed by atoms with Crippen molar-refractivity contribution in [1.29, 1.82) is 0 Å². The van der Waals surface area contributed by atoms with Crippen LogP contribution in [0.3, 0.4) is 0 Å². The molecule has 5 heteroatoms. The summed E-state index contributed by atoms with van der Waals surface area (Å²) in [6, 6.07) is 78.0. The van der Waals surface area contributed by atoms with Gasteiger partial charge < -0.3 is 8.98 Å². The SMILES string of the molecule is c1ccc2cc3c(cc2c1)c1c2ccccc2ccc1n3-c1ccc(-c2nc(-c3cc4ccccc4c4ccccc34)nc(-c3cc4ccccc4c4ccccc34)n2)c2c1oc1ccccc12. The summed E-state index contributed by atoms with van der Waals surface area (Å²) in [4.78, 5) is 16.5. The summed E-state index contributed by atoms with van der Waals surface area (Å²) in [5.41, 5.74) is 7.49. The first kappa shape index (κ1) is 37.1. The van der Waals surface area contributed by atoms with Crippen LogP contribution in [0.15, 0.2) is 223 Å². The number of aromatic nitrogens is 4. The molecule has 0 fully saturated rings. The standard InChI is InChI=1S/C63H36N4O/c1-2-17-39-36-56-53(33-38(39)16-1)58-44-22-8-3-15-37(44)29-31-54(58)67(56)55-32-30-50(59-49-27-13-14-28-57(49)68-60(55)59)61-64-62(51-34-40-18-4-6-20-42(40)45-23-9-11-25-47(45)51)66-63(65-61)52-35-41-19-5-7-21-43(41)46-24-10-12-26-48(46)52/h1-36H. The van der Waals surface area contributed by atoms with E-state index in [-0.39, 0.29) is 0 Å². The highest BCUT2D eigenvalue weighted by Crippen LogP contribution is 2.45. The lowest BCUT2D eigenvalue weighted by atomic mass is 9.96. The highest BCUT2D eigenvalue weighted by molar-refractivity contribution is 6.24. The van der Waals surface area contributed by atoms with Gasteiger partial charge in [-0.05, 0) is 113 Å². The maximum atomic E-state index is 7.09. The van der Waals surface area contributed by atoms with E-state index >= 15 is 0 Å². The molecular weight excluding hydrogens is 829 g/mol. The van der Waals surface area contributed by atoms with Gasteiger partial charge in [-0.2, -0.15) is 0 Å². The third kappa shape index (κ3) is 5.35. The molecule has 0 spiro atoms. The fraction of sp³-hybridized carbons (Fsp3) is 0. The summed E-state index contributed by atoms with van der Waals surface area (Å²) in [6.07, 6.45) is 0. The number of benzene rings is 12. The van der Waals surface area contributed by atoms with E-state index in [1.54, 1.807) is 0 Å². The molecule has 15 aromatic rings. The second-order valence-electron chi connectivity index (χ2n) is 17.9. The van der Waals surface area contributed by atoms with Crippen molar-refractivity contribution in [2.24, 2.45) is 0 Å². The predicted octanol–water partition coefficient (Wildman–Crippen LogP) is 16.8. The van der Waals surface area contributed by atoms with Gasteiger partial charge in [0.25, 0.3) is 0 Å². The van der Waals surface area contributed by atoms with Crippen molar-refractivity contribution in [1.82, 2.24) is 19.5 Å². The van der Waals surface area contributed by atoms with Gasteiger partial charge in [-0.1, -0.05) is 170 Å². The lowest BCUT2D eigenvalue weighted by molar-refractivity contribution is 0.666. The second-order valence-corrected chi connectivity index (χ2v) is 17.9. The minimum atomic E-state index is 0.571. The Morgan fingerprint density at radius 1 is 0.294 bits per heavy atom. The molecular formula is C63H36N4O. The van der Waals surface area contributed by atoms with Crippen molar-refractivity contribution in [3.63, 3.8) is 0 Å². The van der Waals surface area contributed by atoms with Crippen LogP contribution in [-0.4, -0.2) is 19.5 Å². The van der Waals surface area contributed by atoms with E-state index in [2.05, 4.69) is 217 Å². The van der Waals surface area contributed by atoms with Gasteiger partial charge in [-0.15, -0.1) is 0 Å². The van der Waals surface area contributed by atoms with Crippen LogP contribution in [0.25, 0.3) is 148 Å². The third-order valence-electron chi connectivity index (χ3n) is 14.2. The van der Waals surface area contributed by atoms with Gasteiger partial charge >= 0.3 is 0 Å². The topological polar surface area (TPSA) is 56.7 Å². The summed E-state index contributed by atoms with van der Waals surface area (Å²) in [5.74, 6) is 1.78. The first-order valence-corrected chi connectivity index (χ1v) is 23.1. The van der Waals surface area contributed by atoms with Gasteiger partial charge in [0.1, 0.15) is 5.58 Å². The summed E-state index contributed by atoms with van der Waals surface area (Å²) < 4.78 is 9.49. The van der Waals surface area contributed by atoms with E-state index in [1.165, 1.54) is 43.1 Å². The van der Waals surface area contributed by atoms with Gasteiger partial charge in [-0.25, -0.2) is 15.0 Å². The van der Waals surface area contributed by atoms with Gasteiger partial charge in [0, 0.05) is 38.2 Å². The number of rotatable bonds is 4. The average molecular weight is 865 g/mol. The molecule has 0 amide bonds. The molecule has 0 saturated heterocycles.